The van der Waals surface area contributed by atoms with Gasteiger partial charge in [-0.1, -0.05) is 26.0 Å². The van der Waals surface area contributed by atoms with Crippen molar-refractivity contribution in [3.05, 3.63) is 29.8 Å². The van der Waals surface area contributed by atoms with Gasteiger partial charge in [0, 0.05) is 6.04 Å². The van der Waals surface area contributed by atoms with Crippen molar-refractivity contribution in [2.75, 3.05) is 6.61 Å². The molecule has 0 aliphatic heterocycles. The summed E-state index contributed by atoms with van der Waals surface area (Å²) < 4.78 is 5.40. The molecule has 0 radical (unpaired) electrons. The molecule has 0 fully saturated rings. The number of rotatable bonds is 6. The molecule has 1 aromatic rings. The van der Waals surface area contributed by atoms with Crippen molar-refractivity contribution in [1.82, 2.24) is 0 Å². The zero-order valence-corrected chi connectivity index (χ0v) is 10.6. The molecule has 1 aromatic carbocycles. The monoisotopic (exact) mass is 221 g/mol. The Morgan fingerprint density at radius 1 is 1.12 bits per heavy atom. The Balaban J connectivity index is 2.52. The van der Waals surface area contributed by atoms with Crippen LogP contribution in [0.25, 0.3) is 0 Å². The van der Waals surface area contributed by atoms with Gasteiger partial charge in [-0.25, -0.2) is 0 Å². The fourth-order valence-corrected chi connectivity index (χ4v) is 1.66. The zero-order valence-electron chi connectivity index (χ0n) is 10.6. The van der Waals surface area contributed by atoms with E-state index in [-0.39, 0.29) is 6.04 Å². The summed E-state index contributed by atoms with van der Waals surface area (Å²) in [5, 5.41) is 0. The van der Waals surface area contributed by atoms with Crippen LogP contribution in [-0.4, -0.2) is 6.61 Å². The first kappa shape index (κ1) is 13.0. The van der Waals surface area contributed by atoms with E-state index < -0.39 is 0 Å². The molecule has 16 heavy (non-hydrogen) atoms. The van der Waals surface area contributed by atoms with Gasteiger partial charge in [0.2, 0.25) is 0 Å². The first-order valence-electron chi connectivity index (χ1n) is 6.11. The molecule has 0 aliphatic carbocycles. The molecule has 0 bridgehead atoms. The summed E-state index contributed by atoms with van der Waals surface area (Å²) in [4.78, 5) is 0. The number of hydrogen-bond donors (Lipinski definition) is 1. The predicted molar refractivity (Wildman–Crippen MR) is 68.6 cm³/mol. The third-order valence-corrected chi connectivity index (χ3v) is 2.67. The fraction of sp³-hybridized carbons (Fsp3) is 0.571. The molecule has 0 aliphatic rings. The lowest BCUT2D eigenvalue weighted by Crippen LogP contribution is -2.11. The molecule has 2 nitrogen and oxygen atoms in total. The van der Waals surface area contributed by atoms with E-state index in [9.17, 15) is 0 Å². The Morgan fingerprint density at radius 3 is 2.25 bits per heavy atom. The van der Waals surface area contributed by atoms with Crippen molar-refractivity contribution in [2.45, 2.75) is 39.7 Å². The maximum Gasteiger partial charge on any atom is 0.119 e. The van der Waals surface area contributed by atoms with E-state index in [0.29, 0.717) is 12.5 Å². The van der Waals surface area contributed by atoms with Crippen molar-refractivity contribution in [2.24, 2.45) is 11.7 Å². The standard InChI is InChI=1S/C14H23NO/c1-4-16-13-8-6-12(7-9-13)14(15)10-5-11(2)3/h6-9,11,14H,4-5,10,15H2,1-3H3. The highest BCUT2D eigenvalue weighted by Crippen LogP contribution is 2.21. The van der Waals surface area contributed by atoms with Crippen LogP contribution in [0.5, 0.6) is 5.75 Å². The lowest BCUT2D eigenvalue weighted by Gasteiger charge is -2.14. The van der Waals surface area contributed by atoms with Crippen LogP contribution in [0.3, 0.4) is 0 Å². The maximum atomic E-state index is 6.13. The smallest absolute Gasteiger partial charge is 0.119 e. The molecule has 0 heterocycles. The topological polar surface area (TPSA) is 35.2 Å². The van der Waals surface area contributed by atoms with E-state index in [0.717, 1.165) is 12.2 Å². The van der Waals surface area contributed by atoms with Crippen molar-refractivity contribution in [3.63, 3.8) is 0 Å². The van der Waals surface area contributed by atoms with Crippen molar-refractivity contribution in [3.8, 4) is 5.75 Å². The Bertz CT molecular complexity index is 292. The lowest BCUT2D eigenvalue weighted by molar-refractivity contribution is 0.340. The molecular weight excluding hydrogens is 198 g/mol. The first-order valence-corrected chi connectivity index (χ1v) is 6.11. The van der Waals surface area contributed by atoms with Gasteiger partial charge >= 0.3 is 0 Å². The molecule has 1 rings (SSSR count). The summed E-state index contributed by atoms with van der Waals surface area (Å²) in [7, 11) is 0. The molecular formula is C14H23NO. The summed E-state index contributed by atoms with van der Waals surface area (Å²) in [6, 6.07) is 8.27. The molecule has 0 spiro atoms. The zero-order chi connectivity index (χ0) is 12.0. The minimum absolute atomic E-state index is 0.151. The molecule has 0 saturated carbocycles. The van der Waals surface area contributed by atoms with E-state index in [1.807, 2.05) is 19.1 Å². The molecule has 1 atom stereocenters. The highest BCUT2D eigenvalue weighted by molar-refractivity contribution is 5.28. The van der Waals surface area contributed by atoms with Gasteiger partial charge in [-0.05, 0) is 43.4 Å². The normalized spacial score (nSPS) is 12.8. The molecule has 90 valence electrons. The quantitative estimate of drug-likeness (QED) is 0.797. The van der Waals surface area contributed by atoms with E-state index in [1.54, 1.807) is 0 Å². The second-order valence-electron chi connectivity index (χ2n) is 4.58. The first-order chi connectivity index (χ1) is 7.63. The van der Waals surface area contributed by atoms with Gasteiger partial charge in [0.05, 0.1) is 6.61 Å². The van der Waals surface area contributed by atoms with Crippen LogP contribution < -0.4 is 10.5 Å². The van der Waals surface area contributed by atoms with Crippen molar-refractivity contribution in [1.29, 1.82) is 0 Å². The summed E-state index contributed by atoms with van der Waals surface area (Å²) in [6.45, 7) is 7.15. The molecule has 0 aromatic heterocycles. The van der Waals surface area contributed by atoms with Crippen molar-refractivity contribution >= 4 is 0 Å². The minimum atomic E-state index is 0.151. The average Bonchev–Trinajstić information content (AvgIpc) is 2.27. The van der Waals surface area contributed by atoms with Gasteiger partial charge in [-0.2, -0.15) is 0 Å². The van der Waals surface area contributed by atoms with Gasteiger partial charge in [0.15, 0.2) is 0 Å². The molecule has 2 N–H and O–H groups in total. The molecule has 2 heteroatoms. The Morgan fingerprint density at radius 2 is 1.75 bits per heavy atom. The third-order valence-electron chi connectivity index (χ3n) is 2.67. The maximum absolute atomic E-state index is 6.13. The van der Waals surface area contributed by atoms with Gasteiger partial charge in [-0.15, -0.1) is 0 Å². The minimum Gasteiger partial charge on any atom is -0.494 e. The third kappa shape index (κ3) is 4.23. The van der Waals surface area contributed by atoms with Crippen LogP contribution in [-0.2, 0) is 0 Å². The van der Waals surface area contributed by atoms with Gasteiger partial charge < -0.3 is 10.5 Å². The van der Waals surface area contributed by atoms with Crippen molar-refractivity contribution < 1.29 is 4.74 Å². The van der Waals surface area contributed by atoms with E-state index in [2.05, 4.69) is 26.0 Å². The van der Waals surface area contributed by atoms with Crippen LogP contribution in [0.15, 0.2) is 24.3 Å². The predicted octanol–water partition coefficient (Wildman–Crippen LogP) is 3.52. The summed E-state index contributed by atoms with van der Waals surface area (Å²) in [5.74, 6) is 1.64. The highest BCUT2D eigenvalue weighted by Gasteiger charge is 2.06. The van der Waals surface area contributed by atoms with E-state index in [1.165, 1.54) is 12.0 Å². The number of benzene rings is 1. The lowest BCUT2D eigenvalue weighted by atomic mass is 9.98. The Hall–Kier alpha value is -1.02. The average molecular weight is 221 g/mol. The highest BCUT2D eigenvalue weighted by atomic mass is 16.5. The summed E-state index contributed by atoms with van der Waals surface area (Å²) in [6.07, 6.45) is 2.22. The molecule has 0 saturated heterocycles. The van der Waals surface area contributed by atoms with E-state index in [4.69, 9.17) is 10.5 Å². The Labute approximate surface area is 98.8 Å². The summed E-state index contributed by atoms with van der Waals surface area (Å²) >= 11 is 0. The fourth-order valence-electron chi connectivity index (χ4n) is 1.66. The second-order valence-corrected chi connectivity index (χ2v) is 4.58. The van der Waals surface area contributed by atoms with Gasteiger partial charge in [-0.3, -0.25) is 0 Å². The van der Waals surface area contributed by atoms with Crippen LogP contribution >= 0.6 is 0 Å². The van der Waals surface area contributed by atoms with Crippen LogP contribution in [0.1, 0.15) is 45.2 Å². The largest absolute Gasteiger partial charge is 0.494 e. The number of ether oxygens (including phenoxy) is 1. The SMILES string of the molecule is CCOc1ccc(C(N)CCC(C)C)cc1. The molecule has 1 unspecified atom stereocenters. The van der Waals surface area contributed by atoms with Gasteiger partial charge in [0.25, 0.3) is 0 Å². The van der Waals surface area contributed by atoms with Crippen LogP contribution in [0.2, 0.25) is 0 Å². The number of hydrogen-bond acceptors (Lipinski definition) is 2. The number of nitrogens with two attached hydrogens (primary N) is 1. The molecule has 0 amide bonds. The van der Waals surface area contributed by atoms with Gasteiger partial charge in [0.1, 0.15) is 5.75 Å². The Kier molecular flexibility index (Phi) is 5.33. The second kappa shape index (κ2) is 6.54. The van der Waals surface area contributed by atoms with Crippen LogP contribution in [0.4, 0.5) is 0 Å². The summed E-state index contributed by atoms with van der Waals surface area (Å²) in [5.41, 5.74) is 7.32. The van der Waals surface area contributed by atoms with E-state index >= 15 is 0 Å². The van der Waals surface area contributed by atoms with Crippen LogP contribution in [0, 0.1) is 5.92 Å².